The van der Waals surface area contributed by atoms with Crippen molar-refractivity contribution in [2.24, 2.45) is 7.05 Å². The molecule has 1 unspecified atom stereocenters. The molecule has 0 bridgehead atoms. The Morgan fingerprint density at radius 2 is 2.00 bits per heavy atom. The number of ether oxygens (including phenoxy) is 2. The quantitative estimate of drug-likeness (QED) is 0.742. The van der Waals surface area contributed by atoms with Crippen LogP contribution in [0.15, 0.2) is 36.5 Å². The van der Waals surface area contributed by atoms with Crippen molar-refractivity contribution in [2.45, 2.75) is 12.3 Å². The first-order chi connectivity index (χ1) is 11.6. The number of ketones is 1. The molecule has 5 heteroatoms. The maximum atomic E-state index is 12.5. The lowest BCUT2D eigenvalue weighted by Gasteiger charge is -2.16. The Bertz CT molecular complexity index is 959. The lowest BCUT2D eigenvalue weighted by Crippen LogP contribution is -2.01. The van der Waals surface area contributed by atoms with Crippen LogP contribution < -0.4 is 9.47 Å². The largest absolute Gasteiger partial charge is 0.497 e. The lowest BCUT2D eigenvalue weighted by atomic mass is 9.91. The summed E-state index contributed by atoms with van der Waals surface area (Å²) in [6, 6.07) is 9.88. The molecule has 0 fully saturated rings. The molecule has 2 aromatic carbocycles. The number of aromatic nitrogens is 2. The van der Waals surface area contributed by atoms with E-state index >= 15 is 0 Å². The number of rotatable bonds is 3. The highest BCUT2D eigenvalue weighted by Crippen LogP contribution is 2.45. The minimum atomic E-state index is -0.00680. The average molecular weight is 322 g/mol. The monoisotopic (exact) mass is 322 g/mol. The Balaban J connectivity index is 1.89. The molecule has 122 valence electrons. The third-order valence-electron chi connectivity index (χ3n) is 4.79. The van der Waals surface area contributed by atoms with Crippen LogP contribution in [0.1, 0.15) is 33.8 Å². The summed E-state index contributed by atoms with van der Waals surface area (Å²) >= 11 is 0. The van der Waals surface area contributed by atoms with Crippen molar-refractivity contribution in [3.8, 4) is 11.5 Å². The molecule has 1 atom stereocenters. The number of carbonyl (C=O) groups is 1. The Labute approximate surface area is 139 Å². The van der Waals surface area contributed by atoms with E-state index in [-0.39, 0.29) is 11.7 Å². The third kappa shape index (κ3) is 2.08. The van der Waals surface area contributed by atoms with Gasteiger partial charge >= 0.3 is 0 Å². The van der Waals surface area contributed by atoms with Crippen LogP contribution in [0, 0.1) is 0 Å². The molecule has 0 radical (unpaired) electrons. The van der Waals surface area contributed by atoms with Gasteiger partial charge in [0.2, 0.25) is 0 Å². The summed E-state index contributed by atoms with van der Waals surface area (Å²) in [6.45, 7) is 0. The number of hydrogen-bond donors (Lipinski definition) is 0. The Hall–Kier alpha value is -2.82. The topological polar surface area (TPSA) is 53.4 Å². The van der Waals surface area contributed by atoms with Crippen molar-refractivity contribution in [1.29, 1.82) is 0 Å². The van der Waals surface area contributed by atoms with E-state index in [2.05, 4.69) is 23.3 Å². The van der Waals surface area contributed by atoms with Crippen LogP contribution in [-0.4, -0.2) is 29.8 Å². The molecule has 3 aromatic rings. The van der Waals surface area contributed by atoms with Crippen molar-refractivity contribution >= 4 is 16.7 Å². The minimum absolute atomic E-state index is 0.00680. The number of benzene rings is 2. The molecule has 4 rings (SSSR count). The minimum Gasteiger partial charge on any atom is -0.497 e. The van der Waals surface area contributed by atoms with E-state index in [4.69, 9.17) is 9.47 Å². The Kier molecular flexibility index (Phi) is 3.30. The summed E-state index contributed by atoms with van der Waals surface area (Å²) in [5, 5.41) is 5.38. The highest BCUT2D eigenvalue weighted by Gasteiger charge is 2.34. The summed E-state index contributed by atoms with van der Waals surface area (Å²) in [4.78, 5) is 12.5. The molecule has 0 spiro atoms. The van der Waals surface area contributed by atoms with Crippen molar-refractivity contribution in [2.75, 3.05) is 14.2 Å². The van der Waals surface area contributed by atoms with Crippen molar-refractivity contribution < 1.29 is 14.3 Å². The van der Waals surface area contributed by atoms with Gasteiger partial charge in [0.1, 0.15) is 11.5 Å². The molecule has 0 N–H and O–H groups in total. The predicted octanol–water partition coefficient (Wildman–Crippen LogP) is 3.31. The van der Waals surface area contributed by atoms with E-state index in [1.165, 1.54) is 0 Å². The lowest BCUT2D eigenvalue weighted by molar-refractivity contribution is 0.0991. The van der Waals surface area contributed by atoms with Gasteiger partial charge < -0.3 is 9.47 Å². The number of methoxy groups -OCH3 is 2. The van der Waals surface area contributed by atoms with Crippen LogP contribution in [0.25, 0.3) is 10.9 Å². The SMILES string of the molecule is COc1cc(OC)c2c(c1)C(=O)CC2c1ccc2cnn(C)c2c1. The Morgan fingerprint density at radius 1 is 1.17 bits per heavy atom. The average Bonchev–Trinajstić information content (AvgIpc) is 3.14. The van der Waals surface area contributed by atoms with Crippen LogP contribution in [0.5, 0.6) is 11.5 Å². The zero-order valence-corrected chi connectivity index (χ0v) is 13.9. The molecule has 0 amide bonds. The van der Waals surface area contributed by atoms with Crippen molar-refractivity contribution in [3.63, 3.8) is 0 Å². The summed E-state index contributed by atoms with van der Waals surface area (Å²) in [5.41, 5.74) is 3.80. The van der Waals surface area contributed by atoms with E-state index in [1.54, 1.807) is 14.2 Å². The van der Waals surface area contributed by atoms with Gasteiger partial charge in [0.15, 0.2) is 5.78 Å². The number of fused-ring (bicyclic) bond motifs is 2. The van der Waals surface area contributed by atoms with Crippen LogP contribution in [0.2, 0.25) is 0 Å². The standard InChI is InChI=1S/C19H18N2O3/c1-21-16-6-11(4-5-12(16)10-20-21)14-9-17(22)15-7-13(23-2)8-18(24-3)19(14)15/h4-8,10,14H,9H2,1-3H3. The molecule has 1 aromatic heterocycles. The predicted molar refractivity (Wildman–Crippen MR) is 91.1 cm³/mol. The zero-order valence-electron chi connectivity index (χ0n) is 13.9. The van der Waals surface area contributed by atoms with Gasteiger partial charge in [-0.15, -0.1) is 0 Å². The fourth-order valence-electron chi connectivity index (χ4n) is 3.54. The summed E-state index contributed by atoms with van der Waals surface area (Å²) in [6.07, 6.45) is 2.29. The third-order valence-corrected chi connectivity index (χ3v) is 4.79. The molecule has 0 saturated carbocycles. The molecular weight excluding hydrogens is 304 g/mol. The highest BCUT2D eigenvalue weighted by atomic mass is 16.5. The van der Waals surface area contributed by atoms with Gasteiger partial charge in [0, 0.05) is 42.0 Å². The smallest absolute Gasteiger partial charge is 0.164 e. The second-order valence-corrected chi connectivity index (χ2v) is 6.06. The number of nitrogens with zero attached hydrogens (tertiary/aromatic N) is 2. The van der Waals surface area contributed by atoms with Gasteiger partial charge in [-0.05, 0) is 17.7 Å². The van der Waals surface area contributed by atoms with Crippen LogP contribution in [-0.2, 0) is 7.05 Å². The maximum Gasteiger partial charge on any atom is 0.164 e. The second-order valence-electron chi connectivity index (χ2n) is 6.06. The van der Waals surface area contributed by atoms with Crippen LogP contribution >= 0.6 is 0 Å². The summed E-state index contributed by atoms with van der Waals surface area (Å²) < 4.78 is 12.7. The molecular formula is C19H18N2O3. The molecule has 1 heterocycles. The van der Waals surface area contributed by atoms with Gasteiger partial charge in [-0.2, -0.15) is 5.10 Å². The molecule has 1 aliphatic carbocycles. The first-order valence-corrected chi connectivity index (χ1v) is 7.83. The maximum absolute atomic E-state index is 12.5. The first kappa shape index (κ1) is 14.8. The van der Waals surface area contributed by atoms with Crippen molar-refractivity contribution in [1.82, 2.24) is 9.78 Å². The van der Waals surface area contributed by atoms with Gasteiger partial charge in [0.25, 0.3) is 0 Å². The van der Waals surface area contributed by atoms with E-state index < -0.39 is 0 Å². The van der Waals surface area contributed by atoms with Gasteiger partial charge in [-0.1, -0.05) is 12.1 Å². The molecule has 1 aliphatic rings. The van der Waals surface area contributed by atoms with E-state index in [0.717, 1.165) is 22.0 Å². The zero-order chi connectivity index (χ0) is 16.8. The molecule has 0 aliphatic heterocycles. The fraction of sp³-hybridized carbons (Fsp3) is 0.263. The van der Waals surface area contributed by atoms with Gasteiger partial charge in [-0.25, -0.2) is 0 Å². The second kappa shape index (κ2) is 5.37. The highest BCUT2D eigenvalue weighted by molar-refractivity contribution is 6.03. The fourth-order valence-corrected chi connectivity index (χ4v) is 3.54. The summed E-state index contributed by atoms with van der Waals surface area (Å²) in [5.74, 6) is 1.46. The summed E-state index contributed by atoms with van der Waals surface area (Å²) in [7, 11) is 5.14. The number of carbonyl (C=O) groups excluding carboxylic acids is 1. The first-order valence-electron chi connectivity index (χ1n) is 7.83. The number of aryl methyl sites for hydroxylation is 1. The molecule has 5 nitrogen and oxygen atoms in total. The van der Waals surface area contributed by atoms with E-state index in [1.807, 2.05) is 30.1 Å². The van der Waals surface area contributed by atoms with Crippen LogP contribution in [0.3, 0.4) is 0 Å². The number of Topliss-reactive ketones (excluding diaryl/α,β-unsaturated/α-hetero) is 1. The van der Waals surface area contributed by atoms with E-state index in [9.17, 15) is 4.79 Å². The van der Waals surface area contributed by atoms with Gasteiger partial charge in [0.05, 0.1) is 25.9 Å². The van der Waals surface area contributed by atoms with Crippen molar-refractivity contribution in [3.05, 3.63) is 53.2 Å². The van der Waals surface area contributed by atoms with E-state index in [0.29, 0.717) is 23.5 Å². The number of hydrogen-bond acceptors (Lipinski definition) is 4. The van der Waals surface area contributed by atoms with Gasteiger partial charge in [-0.3, -0.25) is 9.48 Å². The molecule has 24 heavy (non-hydrogen) atoms. The Morgan fingerprint density at radius 3 is 2.75 bits per heavy atom. The molecule has 0 saturated heterocycles. The normalized spacial score (nSPS) is 16.5. The van der Waals surface area contributed by atoms with Crippen LogP contribution in [0.4, 0.5) is 0 Å².